The van der Waals surface area contributed by atoms with Gasteiger partial charge >= 0.3 is 5.69 Å². The van der Waals surface area contributed by atoms with E-state index in [0.29, 0.717) is 11.0 Å². The van der Waals surface area contributed by atoms with Gasteiger partial charge in [-0.2, -0.15) is 5.26 Å². The summed E-state index contributed by atoms with van der Waals surface area (Å²) >= 11 is 3.26. The van der Waals surface area contributed by atoms with E-state index in [1.165, 1.54) is 6.07 Å². The quantitative estimate of drug-likeness (QED) is 0.601. The van der Waals surface area contributed by atoms with E-state index >= 15 is 0 Å². The Labute approximate surface area is 131 Å². The van der Waals surface area contributed by atoms with E-state index in [9.17, 15) is 15.4 Å². The van der Waals surface area contributed by atoms with Gasteiger partial charge in [-0.3, -0.25) is 15.4 Å². The predicted molar refractivity (Wildman–Crippen MR) is 81.0 cm³/mol. The first-order valence-corrected chi connectivity index (χ1v) is 7.55. The van der Waals surface area contributed by atoms with E-state index in [-0.39, 0.29) is 24.0 Å². The summed E-state index contributed by atoms with van der Waals surface area (Å²) in [6.07, 6.45) is 1.95. The van der Waals surface area contributed by atoms with Gasteiger partial charge in [-0.05, 0) is 47.3 Å². The van der Waals surface area contributed by atoms with Gasteiger partial charge in [-0.25, -0.2) is 0 Å². The number of benzene rings is 1. The van der Waals surface area contributed by atoms with Crippen molar-refractivity contribution in [3.8, 4) is 11.8 Å². The van der Waals surface area contributed by atoms with Gasteiger partial charge < -0.3 is 4.74 Å². The topological polar surface area (TPSA) is 88.2 Å². The standard InChI is InChI=1S/C14H16BrN3O3/c1-2-17-14(8-16,10-6-7-10)9-21-13-11(15)4-3-5-12(13)18(19)20/h3-5,10,17H,2,6-7,9H2,1H3. The number of nitriles is 1. The highest BCUT2D eigenvalue weighted by atomic mass is 79.9. The van der Waals surface area contributed by atoms with Crippen molar-refractivity contribution >= 4 is 21.6 Å². The Morgan fingerprint density at radius 3 is 2.86 bits per heavy atom. The molecule has 1 aliphatic rings. The first-order chi connectivity index (χ1) is 10.0. The predicted octanol–water partition coefficient (Wildman–Crippen LogP) is 3.02. The van der Waals surface area contributed by atoms with Gasteiger partial charge in [0.1, 0.15) is 12.1 Å². The molecule has 0 aliphatic heterocycles. The van der Waals surface area contributed by atoms with Crippen LogP contribution in [0.2, 0.25) is 0 Å². The molecule has 6 nitrogen and oxygen atoms in total. The lowest BCUT2D eigenvalue weighted by molar-refractivity contribution is -0.386. The second kappa shape index (κ2) is 6.41. The minimum Gasteiger partial charge on any atom is -0.483 e. The van der Waals surface area contributed by atoms with Gasteiger partial charge in [-0.1, -0.05) is 13.0 Å². The Bertz CT molecular complexity index is 583. The number of rotatable bonds is 7. The molecule has 0 aromatic heterocycles. The lowest BCUT2D eigenvalue weighted by Crippen LogP contribution is -2.50. The SMILES string of the molecule is CCNC(C#N)(COc1c(Br)cccc1[N+](=O)[O-])C1CC1. The van der Waals surface area contributed by atoms with E-state index in [1.54, 1.807) is 12.1 Å². The van der Waals surface area contributed by atoms with Crippen molar-refractivity contribution in [2.24, 2.45) is 5.92 Å². The van der Waals surface area contributed by atoms with Gasteiger partial charge in [0.05, 0.1) is 15.5 Å². The van der Waals surface area contributed by atoms with E-state index in [0.717, 1.165) is 12.8 Å². The summed E-state index contributed by atoms with van der Waals surface area (Å²) in [5.74, 6) is 0.407. The van der Waals surface area contributed by atoms with E-state index in [4.69, 9.17) is 4.74 Å². The Kier molecular flexibility index (Phi) is 4.80. The van der Waals surface area contributed by atoms with Crippen molar-refractivity contribution in [1.82, 2.24) is 5.32 Å². The summed E-state index contributed by atoms with van der Waals surface area (Å²) < 4.78 is 6.18. The third-order valence-electron chi connectivity index (χ3n) is 3.55. The zero-order valence-electron chi connectivity index (χ0n) is 11.6. The van der Waals surface area contributed by atoms with Crippen LogP contribution in [0.1, 0.15) is 19.8 Å². The highest BCUT2D eigenvalue weighted by Crippen LogP contribution is 2.41. The van der Waals surface area contributed by atoms with Crippen LogP contribution in [0.15, 0.2) is 22.7 Å². The molecule has 2 rings (SSSR count). The second-order valence-electron chi connectivity index (χ2n) is 5.02. The molecule has 1 fully saturated rings. The molecule has 21 heavy (non-hydrogen) atoms. The number of hydrogen-bond acceptors (Lipinski definition) is 5. The molecule has 7 heteroatoms. The van der Waals surface area contributed by atoms with Crippen molar-refractivity contribution in [1.29, 1.82) is 5.26 Å². The molecule has 0 amide bonds. The molecular weight excluding hydrogens is 338 g/mol. The molecule has 0 heterocycles. The van der Waals surface area contributed by atoms with Crippen LogP contribution in [0.3, 0.4) is 0 Å². The molecule has 0 bridgehead atoms. The zero-order chi connectivity index (χ0) is 15.5. The lowest BCUT2D eigenvalue weighted by atomic mass is 9.96. The van der Waals surface area contributed by atoms with Crippen molar-refractivity contribution in [2.45, 2.75) is 25.3 Å². The largest absolute Gasteiger partial charge is 0.483 e. The zero-order valence-corrected chi connectivity index (χ0v) is 13.2. The molecule has 0 saturated heterocycles. The van der Waals surface area contributed by atoms with Crippen LogP contribution >= 0.6 is 15.9 Å². The van der Waals surface area contributed by atoms with Crippen molar-refractivity contribution in [2.75, 3.05) is 13.2 Å². The fraction of sp³-hybridized carbons (Fsp3) is 0.500. The summed E-state index contributed by atoms with van der Waals surface area (Å²) in [5.41, 5.74) is -0.888. The molecule has 1 atom stereocenters. The Morgan fingerprint density at radius 2 is 2.33 bits per heavy atom. The van der Waals surface area contributed by atoms with Gasteiger partial charge in [-0.15, -0.1) is 0 Å². The summed E-state index contributed by atoms with van der Waals surface area (Å²) in [5, 5.41) is 23.7. The monoisotopic (exact) mass is 353 g/mol. The lowest BCUT2D eigenvalue weighted by Gasteiger charge is -2.27. The molecule has 1 aliphatic carbocycles. The van der Waals surface area contributed by atoms with Crippen LogP contribution in [0.25, 0.3) is 0 Å². The number of hydrogen-bond donors (Lipinski definition) is 1. The van der Waals surface area contributed by atoms with E-state index in [2.05, 4.69) is 27.3 Å². The first-order valence-electron chi connectivity index (χ1n) is 6.76. The maximum absolute atomic E-state index is 11.1. The van der Waals surface area contributed by atoms with Crippen LogP contribution in [0.5, 0.6) is 5.75 Å². The number of nitrogens with zero attached hydrogens (tertiary/aromatic N) is 2. The number of ether oxygens (including phenoxy) is 1. The Hall–Kier alpha value is -1.65. The third kappa shape index (κ3) is 3.34. The van der Waals surface area contributed by atoms with Crippen LogP contribution in [0, 0.1) is 27.4 Å². The highest BCUT2D eigenvalue weighted by Gasteiger charge is 2.46. The summed E-state index contributed by atoms with van der Waals surface area (Å²) in [6, 6.07) is 6.95. The Morgan fingerprint density at radius 1 is 1.62 bits per heavy atom. The van der Waals surface area contributed by atoms with Crippen LogP contribution < -0.4 is 10.1 Å². The van der Waals surface area contributed by atoms with Gasteiger partial charge in [0.15, 0.2) is 0 Å². The number of nitrogens with one attached hydrogen (secondary N) is 1. The first kappa shape index (κ1) is 15.7. The molecule has 112 valence electrons. The average Bonchev–Trinajstić information content (AvgIpc) is 3.29. The third-order valence-corrected chi connectivity index (χ3v) is 4.18. The van der Waals surface area contributed by atoms with Gasteiger partial charge in [0.25, 0.3) is 0 Å². The molecule has 1 saturated carbocycles. The van der Waals surface area contributed by atoms with Crippen LogP contribution in [0.4, 0.5) is 5.69 Å². The van der Waals surface area contributed by atoms with Crippen molar-refractivity contribution < 1.29 is 9.66 Å². The van der Waals surface area contributed by atoms with Crippen LogP contribution in [-0.4, -0.2) is 23.6 Å². The fourth-order valence-corrected chi connectivity index (χ4v) is 2.81. The minimum absolute atomic E-state index is 0.0888. The molecule has 1 aromatic carbocycles. The maximum Gasteiger partial charge on any atom is 0.312 e. The molecule has 0 spiro atoms. The summed E-state index contributed by atoms with van der Waals surface area (Å²) in [4.78, 5) is 10.6. The average molecular weight is 354 g/mol. The summed E-state index contributed by atoms with van der Waals surface area (Å²) in [6.45, 7) is 2.66. The molecular formula is C14H16BrN3O3. The van der Waals surface area contributed by atoms with Gasteiger partial charge in [0, 0.05) is 6.07 Å². The minimum atomic E-state index is -0.780. The van der Waals surface area contributed by atoms with Crippen molar-refractivity contribution in [3.05, 3.63) is 32.8 Å². The maximum atomic E-state index is 11.1. The van der Waals surface area contributed by atoms with Crippen LogP contribution in [-0.2, 0) is 0 Å². The fourth-order valence-electron chi connectivity index (χ4n) is 2.34. The molecule has 1 N–H and O–H groups in total. The smallest absolute Gasteiger partial charge is 0.312 e. The number of nitro benzene ring substituents is 1. The molecule has 0 radical (unpaired) electrons. The number of para-hydroxylation sites is 1. The Balaban J connectivity index is 2.22. The number of halogens is 1. The second-order valence-corrected chi connectivity index (χ2v) is 5.88. The summed E-state index contributed by atoms with van der Waals surface area (Å²) in [7, 11) is 0. The number of likely N-dealkylation sites (N-methyl/N-ethyl adjacent to an activating group) is 1. The van der Waals surface area contributed by atoms with E-state index < -0.39 is 10.5 Å². The van der Waals surface area contributed by atoms with E-state index in [1.807, 2.05) is 6.92 Å². The molecule has 1 unspecified atom stereocenters. The molecule has 1 aromatic rings. The normalized spacial score (nSPS) is 16.8. The number of nitro groups is 1. The van der Waals surface area contributed by atoms with Crippen molar-refractivity contribution in [3.63, 3.8) is 0 Å². The van der Waals surface area contributed by atoms with Gasteiger partial charge in [0.2, 0.25) is 5.75 Å². The highest BCUT2D eigenvalue weighted by molar-refractivity contribution is 9.10.